The number of carbonyl (C=O) groups is 1. The molecule has 0 aromatic carbocycles. The molecule has 2 aliphatic rings. The summed E-state index contributed by atoms with van der Waals surface area (Å²) in [6.45, 7) is -0.558. The highest BCUT2D eigenvalue weighted by Gasteiger charge is 2.51. The summed E-state index contributed by atoms with van der Waals surface area (Å²) in [4.78, 5) is 11.3. The van der Waals surface area contributed by atoms with Gasteiger partial charge in [0.2, 0.25) is 0 Å². The molecule has 0 radical (unpaired) electrons. The van der Waals surface area contributed by atoms with E-state index in [4.69, 9.17) is 14.9 Å². The molecule has 2 rings (SSSR count). The molecule has 1 unspecified atom stereocenters. The molecule has 1 aliphatic carbocycles. The Balaban J connectivity index is 2.25. The standard InChI is InChI=1S/C10H14O5/c11-2-5-1-8-9(6(5)3-12)7(4-13)10(14)15-8/h1,6-9,11-13H,2-4H2/t6-,7+,8+,9?/m1/s1. The molecule has 3 N–H and O–H groups in total. The van der Waals surface area contributed by atoms with E-state index in [1.807, 2.05) is 0 Å². The second kappa shape index (κ2) is 3.92. The Bertz CT molecular complexity index is 298. The summed E-state index contributed by atoms with van der Waals surface area (Å²) in [5.74, 6) is -1.50. The Morgan fingerprint density at radius 1 is 1.20 bits per heavy atom. The van der Waals surface area contributed by atoms with Crippen molar-refractivity contribution in [1.82, 2.24) is 0 Å². The molecule has 1 aliphatic heterocycles. The van der Waals surface area contributed by atoms with Gasteiger partial charge in [-0.25, -0.2) is 0 Å². The number of esters is 1. The van der Waals surface area contributed by atoms with Crippen molar-refractivity contribution in [3.63, 3.8) is 0 Å². The molecule has 5 nitrogen and oxygen atoms in total. The second-order valence-electron chi connectivity index (χ2n) is 3.96. The van der Waals surface area contributed by atoms with Crippen LogP contribution >= 0.6 is 0 Å². The van der Waals surface area contributed by atoms with Gasteiger partial charge >= 0.3 is 5.97 Å². The van der Waals surface area contributed by atoms with Crippen molar-refractivity contribution in [2.24, 2.45) is 17.8 Å². The average Bonchev–Trinajstić information content (AvgIpc) is 2.71. The van der Waals surface area contributed by atoms with Crippen LogP contribution in [0.5, 0.6) is 0 Å². The first-order valence-electron chi connectivity index (χ1n) is 4.96. The van der Waals surface area contributed by atoms with Crippen LogP contribution in [0.1, 0.15) is 0 Å². The van der Waals surface area contributed by atoms with Crippen LogP contribution in [0.3, 0.4) is 0 Å². The van der Waals surface area contributed by atoms with E-state index in [2.05, 4.69) is 0 Å². The summed E-state index contributed by atoms with van der Waals surface area (Å²) in [6, 6.07) is 0. The van der Waals surface area contributed by atoms with Crippen LogP contribution < -0.4 is 0 Å². The molecule has 15 heavy (non-hydrogen) atoms. The molecule has 0 aromatic rings. The Morgan fingerprint density at radius 3 is 2.40 bits per heavy atom. The van der Waals surface area contributed by atoms with Gasteiger partial charge in [-0.05, 0) is 11.6 Å². The average molecular weight is 214 g/mol. The van der Waals surface area contributed by atoms with Crippen LogP contribution in [0, 0.1) is 17.8 Å². The van der Waals surface area contributed by atoms with Gasteiger partial charge in [0.05, 0.1) is 25.7 Å². The molecule has 84 valence electrons. The van der Waals surface area contributed by atoms with Crippen LogP contribution in [0.15, 0.2) is 11.6 Å². The zero-order chi connectivity index (χ0) is 11.0. The molecular weight excluding hydrogens is 200 g/mol. The van der Waals surface area contributed by atoms with Crippen molar-refractivity contribution in [1.29, 1.82) is 0 Å². The van der Waals surface area contributed by atoms with Crippen molar-refractivity contribution in [2.75, 3.05) is 19.8 Å². The molecule has 0 spiro atoms. The number of fused-ring (bicyclic) bond motifs is 1. The van der Waals surface area contributed by atoms with E-state index < -0.39 is 18.0 Å². The summed E-state index contributed by atoms with van der Waals surface area (Å²) in [5.41, 5.74) is 0.693. The van der Waals surface area contributed by atoms with Gasteiger partial charge in [0.15, 0.2) is 0 Å². The van der Waals surface area contributed by atoms with Crippen LogP contribution in [0.4, 0.5) is 0 Å². The lowest BCUT2D eigenvalue weighted by molar-refractivity contribution is -0.143. The summed E-state index contributed by atoms with van der Waals surface area (Å²) in [6.07, 6.45) is 1.29. The van der Waals surface area contributed by atoms with Crippen LogP contribution in [-0.4, -0.2) is 47.2 Å². The van der Waals surface area contributed by atoms with Gasteiger partial charge in [0.1, 0.15) is 6.10 Å². The first kappa shape index (κ1) is 10.6. The number of carbonyl (C=O) groups excluding carboxylic acids is 1. The van der Waals surface area contributed by atoms with Gasteiger partial charge in [-0.2, -0.15) is 0 Å². The lowest BCUT2D eigenvalue weighted by Crippen LogP contribution is -2.29. The maximum Gasteiger partial charge on any atom is 0.312 e. The molecule has 4 atom stereocenters. The maximum atomic E-state index is 11.3. The van der Waals surface area contributed by atoms with E-state index in [1.165, 1.54) is 0 Å². The molecule has 1 saturated heterocycles. The minimum absolute atomic E-state index is 0.138. The third-order valence-electron chi connectivity index (χ3n) is 3.29. The summed E-state index contributed by atoms with van der Waals surface area (Å²) < 4.78 is 5.06. The van der Waals surface area contributed by atoms with Crippen LogP contribution in [0.2, 0.25) is 0 Å². The zero-order valence-corrected chi connectivity index (χ0v) is 8.17. The van der Waals surface area contributed by atoms with Gasteiger partial charge < -0.3 is 20.1 Å². The van der Waals surface area contributed by atoms with E-state index in [0.29, 0.717) is 5.57 Å². The van der Waals surface area contributed by atoms with Gasteiger partial charge in [0.25, 0.3) is 0 Å². The Kier molecular flexibility index (Phi) is 2.77. The number of hydrogen-bond acceptors (Lipinski definition) is 5. The SMILES string of the molecule is O=C1O[C@H]2C=C(CO)[C@@H](CO)C2[C@@H]1CO. The Hall–Kier alpha value is -0.910. The highest BCUT2D eigenvalue weighted by atomic mass is 16.6. The topological polar surface area (TPSA) is 87.0 Å². The molecule has 0 saturated carbocycles. The summed E-state index contributed by atoms with van der Waals surface area (Å²) >= 11 is 0. The third kappa shape index (κ3) is 1.47. The fourth-order valence-corrected chi connectivity index (χ4v) is 2.53. The van der Waals surface area contributed by atoms with Crippen molar-refractivity contribution >= 4 is 5.97 Å². The molecule has 0 amide bonds. The van der Waals surface area contributed by atoms with Crippen molar-refractivity contribution in [2.45, 2.75) is 6.10 Å². The molecule has 5 heteroatoms. The molecule has 0 bridgehead atoms. The minimum atomic E-state index is -0.576. The van der Waals surface area contributed by atoms with E-state index in [-0.39, 0.29) is 31.7 Å². The molecule has 1 fully saturated rings. The Morgan fingerprint density at radius 2 is 1.87 bits per heavy atom. The lowest BCUT2D eigenvalue weighted by Gasteiger charge is -2.20. The smallest absolute Gasteiger partial charge is 0.312 e. The highest BCUT2D eigenvalue weighted by Crippen LogP contribution is 2.43. The monoisotopic (exact) mass is 214 g/mol. The fraction of sp³-hybridized carbons (Fsp3) is 0.700. The predicted octanol–water partition coefficient (Wildman–Crippen LogP) is -1.32. The number of ether oxygens (including phenoxy) is 1. The summed E-state index contributed by atoms with van der Waals surface area (Å²) in [5, 5.41) is 27.4. The second-order valence-corrected chi connectivity index (χ2v) is 3.96. The number of rotatable bonds is 3. The number of aliphatic hydroxyl groups excluding tert-OH is 3. The van der Waals surface area contributed by atoms with Gasteiger partial charge in [-0.15, -0.1) is 0 Å². The van der Waals surface area contributed by atoms with Gasteiger partial charge in [-0.1, -0.05) is 0 Å². The molecule has 0 aromatic heterocycles. The van der Waals surface area contributed by atoms with E-state index in [1.54, 1.807) is 6.08 Å². The quantitative estimate of drug-likeness (QED) is 0.400. The zero-order valence-electron chi connectivity index (χ0n) is 8.17. The molecular formula is C10H14O5. The maximum absolute atomic E-state index is 11.3. The number of aliphatic hydroxyl groups is 3. The van der Waals surface area contributed by atoms with Crippen molar-refractivity contribution in [3.8, 4) is 0 Å². The first-order chi connectivity index (χ1) is 7.22. The fourth-order valence-electron chi connectivity index (χ4n) is 2.53. The van der Waals surface area contributed by atoms with E-state index in [9.17, 15) is 9.90 Å². The van der Waals surface area contributed by atoms with Crippen LogP contribution in [0.25, 0.3) is 0 Å². The van der Waals surface area contributed by atoms with Gasteiger partial charge in [0, 0.05) is 11.8 Å². The van der Waals surface area contributed by atoms with Crippen molar-refractivity contribution < 1.29 is 24.9 Å². The third-order valence-corrected chi connectivity index (χ3v) is 3.29. The lowest BCUT2D eigenvalue weighted by atomic mass is 9.82. The number of hydrogen-bond donors (Lipinski definition) is 3. The first-order valence-corrected chi connectivity index (χ1v) is 4.96. The van der Waals surface area contributed by atoms with E-state index in [0.717, 1.165) is 0 Å². The minimum Gasteiger partial charge on any atom is -0.457 e. The van der Waals surface area contributed by atoms with Crippen LogP contribution in [-0.2, 0) is 9.53 Å². The predicted molar refractivity (Wildman–Crippen MR) is 49.7 cm³/mol. The normalized spacial score (nSPS) is 38.9. The van der Waals surface area contributed by atoms with E-state index >= 15 is 0 Å². The highest BCUT2D eigenvalue weighted by molar-refractivity contribution is 5.76. The molecule has 1 heterocycles. The summed E-state index contributed by atoms with van der Waals surface area (Å²) in [7, 11) is 0. The Labute approximate surface area is 87.0 Å². The van der Waals surface area contributed by atoms with Crippen molar-refractivity contribution in [3.05, 3.63) is 11.6 Å². The van der Waals surface area contributed by atoms with Gasteiger partial charge in [-0.3, -0.25) is 4.79 Å². The largest absolute Gasteiger partial charge is 0.457 e.